The highest BCUT2D eigenvalue weighted by Gasteiger charge is 2.37. The fourth-order valence-electron chi connectivity index (χ4n) is 2.87. The number of halogens is 1. The van der Waals surface area contributed by atoms with E-state index < -0.39 is 21.8 Å². The van der Waals surface area contributed by atoms with E-state index in [-0.39, 0.29) is 34.2 Å². The van der Waals surface area contributed by atoms with Crippen LogP contribution in [0.5, 0.6) is 0 Å². The Bertz CT molecular complexity index is 1170. The second kappa shape index (κ2) is 8.70. The van der Waals surface area contributed by atoms with Crippen molar-refractivity contribution < 1.29 is 13.2 Å². The molecule has 1 atom stereocenters. The smallest absolute Gasteiger partial charge is 0.252 e. The first-order chi connectivity index (χ1) is 13.9. The Morgan fingerprint density at radius 3 is 2.57 bits per heavy atom. The van der Waals surface area contributed by atoms with Gasteiger partial charge in [-0.2, -0.15) is 23.3 Å². The van der Waals surface area contributed by atoms with Crippen molar-refractivity contribution in [2.75, 3.05) is 0 Å². The van der Waals surface area contributed by atoms with Crippen molar-refractivity contribution in [1.82, 2.24) is 30.0 Å². The second-order valence-electron chi connectivity index (χ2n) is 6.69. The van der Waals surface area contributed by atoms with Crippen molar-refractivity contribution in [1.29, 1.82) is 0 Å². The Labute approximate surface area is 185 Å². The third kappa shape index (κ3) is 4.47. The summed E-state index contributed by atoms with van der Waals surface area (Å²) in [6.45, 7) is 1.73. The van der Waals surface area contributed by atoms with Gasteiger partial charge < -0.3 is 5.32 Å². The molecule has 158 valence electrons. The molecule has 0 unspecified atom stereocenters. The molecule has 1 aliphatic rings. The first-order valence-electron chi connectivity index (χ1n) is 8.89. The maximum atomic E-state index is 12.8. The SMILES string of the molecule is C[C@@H](NC(=O)c1cc(Cl)cc(S(=O)(=O)C2CC2)c1)c1ncnn1-c1ncccn1.S. The number of carbonyl (C=O) groups is 1. The molecule has 1 aliphatic carbocycles. The molecule has 1 saturated carbocycles. The summed E-state index contributed by atoms with van der Waals surface area (Å²) in [5, 5.41) is 6.69. The lowest BCUT2D eigenvalue weighted by atomic mass is 10.2. The van der Waals surface area contributed by atoms with Gasteiger partial charge >= 0.3 is 0 Å². The topological polar surface area (TPSA) is 120 Å². The highest BCUT2D eigenvalue weighted by molar-refractivity contribution is 7.92. The van der Waals surface area contributed by atoms with Crippen LogP contribution in [-0.4, -0.2) is 44.3 Å². The summed E-state index contributed by atoms with van der Waals surface area (Å²) in [5.74, 6) is 0.273. The van der Waals surface area contributed by atoms with Gasteiger partial charge in [-0.1, -0.05) is 11.6 Å². The van der Waals surface area contributed by atoms with Crippen LogP contribution in [0.15, 0.2) is 47.9 Å². The fraction of sp³-hybridized carbons (Fsp3) is 0.278. The lowest BCUT2D eigenvalue weighted by Crippen LogP contribution is -2.29. The van der Waals surface area contributed by atoms with E-state index in [4.69, 9.17) is 11.6 Å². The molecule has 0 saturated heterocycles. The van der Waals surface area contributed by atoms with Crippen LogP contribution in [0.4, 0.5) is 0 Å². The first kappa shape index (κ1) is 22.2. The third-order valence-electron chi connectivity index (χ3n) is 4.48. The van der Waals surface area contributed by atoms with Crippen molar-refractivity contribution in [3.05, 3.63) is 59.4 Å². The molecule has 4 rings (SSSR count). The number of carbonyl (C=O) groups excluding carboxylic acids is 1. The van der Waals surface area contributed by atoms with Crippen LogP contribution < -0.4 is 5.32 Å². The van der Waals surface area contributed by atoms with Gasteiger partial charge in [0.15, 0.2) is 15.7 Å². The molecule has 2 aromatic heterocycles. The van der Waals surface area contributed by atoms with Crippen LogP contribution in [0, 0.1) is 0 Å². The minimum absolute atomic E-state index is 0. The monoisotopic (exact) mass is 466 g/mol. The van der Waals surface area contributed by atoms with Crippen LogP contribution in [0.3, 0.4) is 0 Å². The summed E-state index contributed by atoms with van der Waals surface area (Å²) in [4.78, 5) is 25.3. The molecule has 1 amide bonds. The second-order valence-corrected chi connectivity index (χ2v) is 9.36. The lowest BCUT2D eigenvalue weighted by Gasteiger charge is -2.14. The molecule has 12 heteroatoms. The zero-order valence-corrected chi connectivity index (χ0v) is 18.4. The van der Waals surface area contributed by atoms with Gasteiger partial charge in [-0.05, 0) is 44.0 Å². The van der Waals surface area contributed by atoms with Gasteiger partial charge in [0.1, 0.15) is 6.33 Å². The summed E-state index contributed by atoms with van der Waals surface area (Å²) in [5.41, 5.74) is 0.158. The number of nitrogens with one attached hydrogen (secondary N) is 1. The maximum absolute atomic E-state index is 12.8. The predicted octanol–water partition coefficient (Wildman–Crippen LogP) is 2.25. The average molecular weight is 467 g/mol. The Balaban J connectivity index is 0.00000256. The molecule has 1 aromatic carbocycles. The standard InChI is InChI=1S/C18H17ClN6O3S.H2S/c1-11(16-22-10-23-25(16)18-20-5-2-6-21-18)24-17(26)12-7-13(19)9-15(8-12)29(27,28)14-3-4-14;/h2,5-11,14H,3-4H2,1H3,(H,24,26);1H2/t11-;/m1./s1. The Hall–Kier alpha value is -2.50. The summed E-state index contributed by atoms with van der Waals surface area (Å²) in [7, 11) is -3.47. The Morgan fingerprint density at radius 2 is 1.90 bits per heavy atom. The maximum Gasteiger partial charge on any atom is 0.252 e. The summed E-state index contributed by atoms with van der Waals surface area (Å²) < 4.78 is 26.4. The van der Waals surface area contributed by atoms with Gasteiger partial charge in [-0.3, -0.25) is 4.79 Å². The van der Waals surface area contributed by atoms with Gasteiger partial charge in [-0.25, -0.2) is 23.4 Å². The van der Waals surface area contributed by atoms with Crippen molar-refractivity contribution >= 4 is 40.8 Å². The molecule has 0 spiro atoms. The molecule has 1 fully saturated rings. The highest BCUT2D eigenvalue weighted by Crippen LogP contribution is 2.34. The molecule has 1 N–H and O–H groups in total. The van der Waals surface area contributed by atoms with Crippen LogP contribution in [0.1, 0.15) is 42.0 Å². The van der Waals surface area contributed by atoms with E-state index in [1.165, 1.54) is 29.2 Å². The van der Waals surface area contributed by atoms with Gasteiger partial charge in [0, 0.05) is 23.0 Å². The van der Waals surface area contributed by atoms with Crippen LogP contribution in [0.25, 0.3) is 5.95 Å². The number of aromatic nitrogens is 5. The molecular weight excluding hydrogens is 448 g/mol. The molecule has 3 aromatic rings. The minimum atomic E-state index is -3.47. The summed E-state index contributed by atoms with van der Waals surface area (Å²) in [6.07, 6.45) is 5.75. The summed E-state index contributed by atoms with van der Waals surface area (Å²) in [6, 6.07) is 5.29. The van der Waals surface area contributed by atoms with Crippen molar-refractivity contribution in [3.8, 4) is 5.95 Å². The predicted molar refractivity (Wildman–Crippen MR) is 115 cm³/mol. The number of amides is 1. The molecule has 9 nitrogen and oxygen atoms in total. The number of rotatable bonds is 6. The molecule has 2 heterocycles. The van der Waals surface area contributed by atoms with Gasteiger partial charge in [-0.15, -0.1) is 0 Å². The number of sulfone groups is 1. The Morgan fingerprint density at radius 1 is 1.20 bits per heavy atom. The first-order valence-corrected chi connectivity index (χ1v) is 10.8. The molecule has 0 bridgehead atoms. The normalized spacial score (nSPS) is 14.6. The summed E-state index contributed by atoms with van der Waals surface area (Å²) >= 11 is 6.08. The van der Waals surface area contributed by atoms with E-state index in [2.05, 4.69) is 25.4 Å². The van der Waals surface area contributed by atoms with Crippen molar-refractivity contribution in [2.24, 2.45) is 0 Å². The zero-order valence-electron chi connectivity index (χ0n) is 15.9. The zero-order chi connectivity index (χ0) is 20.6. The highest BCUT2D eigenvalue weighted by atomic mass is 35.5. The average Bonchev–Trinajstić information content (AvgIpc) is 3.46. The van der Waals surface area contributed by atoms with Crippen molar-refractivity contribution in [3.63, 3.8) is 0 Å². The van der Waals surface area contributed by atoms with Crippen LogP contribution in [-0.2, 0) is 9.84 Å². The van der Waals surface area contributed by atoms with Crippen LogP contribution >= 0.6 is 25.1 Å². The fourth-order valence-corrected chi connectivity index (χ4v) is 4.90. The largest absolute Gasteiger partial charge is 0.342 e. The van der Waals surface area contributed by atoms with E-state index in [0.29, 0.717) is 24.6 Å². The third-order valence-corrected chi connectivity index (χ3v) is 6.94. The minimum Gasteiger partial charge on any atom is -0.342 e. The van der Waals surface area contributed by atoms with E-state index in [1.54, 1.807) is 25.4 Å². The van der Waals surface area contributed by atoms with Crippen molar-refractivity contribution in [2.45, 2.75) is 36.0 Å². The molecule has 0 aliphatic heterocycles. The van der Waals surface area contributed by atoms with Gasteiger partial charge in [0.2, 0.25) is 0 Å². The quantitative estimate of drug-likeness (QED) is 0.591. The van der Waals surface area contributed by atoms with Gasteiger partial charge in [0.25, 0.3) is 11.9 Å². The lowest BCUT2D eigenvalue weighted by molar-refractivity contribution is 0.0937. The van der Waals surface area contributed by atoms with E-state index in [1.807, 2.05) is 0 Å². The Kier molecular flexibility index (Phi) is 6.44. The number of nitrogens with zero attached hydrogens (tertiary/aromatic N) is 5. The molecule has 0 radical (unpaired) electrons. The number of benzene rings is 1. The molecule has 30 heavy (non-hydrogen) atoms. The van der Waals surface area contributed by atoms with E-state index >= 15 is 0 Å². The number of hydrogen-bond acceptors (Lipinski definition) is 7. The molecular formula is C18H19ClN6O3S2. The van der Waals surface area contributed by atoms with E-state index in [0.717, 1.165) is 0 Å². The van der Waals surface area contributed by atoms with E-state index in [9.17, 15) is 13.2 Å². The van der Waals surface area contributed by atoms with Crippen LogP contribution in [0.2, 0.25) is 5.02 Å². The number of hydrogen-bond donors (Lipinski definition) is 1. The van der Waals surface area contributed by atoms with Gasteiger partial charge in [0.05, 0.1) is 16.2 Å².